The number of anilines is 1. The SMILES string of the molecule is CCn1c(C)cc2cc(NC(=O)c3ccc(=O)n(C)n3)ccc21. The molecular weight excluding hydrogens is 292 g/mol. The molecule has 0 bridgehead atoms. The smallest absolute Gasteiger partial charge is 0.276 e. The molecule has 0 saturated carbocycles. The Morgan fingerprint density at radius 3 is 2.70 bits per heavy atom. The van der Waals surface area contributed by atoms with E-state index in [0.29, 0.717) is 5.69 Å². The van der Waals surface area contributed by atoms with Crippen molar-refractivity contribution in [1.29, 1.82) is 0 Å². The van der Waals surface area contributed by atoms with Gasteiger partial charge < -0.3 is 9.88 Å². The number of hydrogen-bond acceptors (Lipinski definition) is 3. The summed E-state index contributed by atoms with van der Waals surface area (Å²) in [6, 6.07) is 10.7. The monoisotopic (exact) mass is 310 g/mol. The Morgan fingerprint density at radius 2 is 2.00 bits per heavy atom. The second-order valence-corrected chi connectivity index (χ2v) is 5.44. The summed E-state index contributed by atoms with van der Waals surface area (Å²) in [6.07, 6.45) is 0. The van der Waals surface area contributed by atoms with E-state index in [-0.39, 0.29) is 17.2 Å². The van der Waals surface area contributed by atoms with Crippen LogP contribution in [0.4, 0.5) is 5.69 Å². The highest BCUT2D eigenvalue weighted by molar-refractivity contribution is 6.03. The predicted molar refractivity (Wildman–Crippen MR) is 89.8 cm³/mol. The Bertz CT molecular complexity index is 953. The summed E-state index contributed by atoms with van der Waals surface area (Å²) in [5, 5.41) is 7.85. The fourth-order valence-electron chi connectivity index (χ4n) is 2.72. The van der Waals surface area contributed by atoms with Crippen LogP contribution in [0.2, 0.25) is 0 Å². The van der Waals surface area contributed by atoms with Gasteiger partial charge in [-0.25, -0.2) is 4.68 Å². The van der Waals surface area contributed by atoms with Crippen LogP contribution in [-0.2, 0) is 13.6 Å². The molecule has 2 aromatic heterocycles. The predicted octanol–water partition coefficient (Wildman–Crippen LogP) is 2.32. The van der Waals surface area contributed by atoms with Crippen LogP contribution >= 0.6 is 0 Å². The maximum absolute atomic E-state index is 12.2. The Morgan fingerprint density at radius 1 is 1.22 bits per heavy atom. The van der Waals surface area contributed by atoms with Gasteiger partial charge in [0, 0.05) is 41.9 Å². The van der Waals surface area contributed by atoms with Crippen LogP contribution in [0.5, 0.6) is 0 Å². The van der Waals surface area contributed by atoms with Crippen LogP contribution in [0.1, 0.15) is 23.1 Å². The molecule has 0 aliphatic rings. The molecule has 3 aromatic rings. The van der Waals surface area contributed by atoms with Gasteiger partial charge in [-0.3, -0.25) is 9.59 Å². The molecule has 118 valence electrons. The minimum absolute atomic E-state index is 0.203. The first-order chi connectivity index (χ1) is 11.0. The Balaban J connectivity index is 1.90. The van der Waals surface area contributed by atoms with E-state index in [1.165, 1.54) is 24.9 Å². The normalized spacial score (nSPS) is 10.9. The number of nitrogens with zero attached hydrogens (tertiary/aromatic N) is 3. The number of rotatable bonds is 3. The number of aromatic nitrogens is 3. The second-order valence-electron chi connectivity index (χ2n) is 5.44. The van der Waals surface area contributed by atoms with Crippen molar-refractivity contribution >= 4 is 22.5 Å². The van der Waals surface area contributed by atoms with Crippen molar-refractivity contribution < 1.29 is 4.79 Å². The summed E-state index contributed by atoms with van der Waals surface area (Å²) in [5.74, 6) is -0.341. The molecule has 0 atom stereocenters. The lowest BCUT2D eigenvalue weighted by Gasteiger charge is -2.07. The van der Waals surface area contributed by atoms with Crippen molar-refractivity contribution in [3.05, 3.63) is 58.1 Å². The van der Waals surface area contributed by atoms with Gasteiger partial charge in [0.05, 0.1) is 0 Å². The molecule has 6 heteroatoms. The summed E-state index contributed by atoms with van der Waals surface area (Å²) in [5.41, 5.74) is 2.98. The molecule has 0 aliphatic carbocycles. The number of nitrogens with one attached hydrogen (secondary N) is 1. The van der Waals surface area contributed by atoms with Crippen LogP contribution in [0.3, 0.4) is 0 Å². The molecule has 0 unspecified atom stereocenters. The van der Waals surface area contributed by atoms with Gasteiger partial charge in [-0.2, -0.15) is 5.10 Å². The standard InChI is InChI=1S/C17H18N4O2/c1-4-21-11(2)9-12-10-13(5-7-15(12)21)18-17(23)14-6-8-16(22)20(3)19-14/h5-10H,4H2,1-3H3,(H,18,23). The van der Waals surface area contributed by atoms with Crippen molar-refractivity contribution in [2.24, 2.45) is 7.05 Å². The second kappa shape index (κ2) is 5.72. The third kappa shape index (κ3) is 2.75. The maximum Gasteiger partial charge on any atom is 0.276 e. The summed E-state index contributed by atoms with van der Waals surface area (Å²) < 4.78 is 3.36. The molecule has 3 rings (SSSR count). The molecule has 0 fully saturated rings. The number of fused-ring (bicyclic) bond motifs is 1. The van der Waals surface area contributed by atoms with E-state index in [9.17, 15) is 9.59 Å². The first kappa shape index (κ1) is 15.0. The van der Waals surface area contributed by atoms with Crippen molar-refractivity contribution in [3.63, 3.8) is 0 Å². The first-order valence-corrected chi connectivity index (χ1v) is 7.45. The number of hydrogen-bond donors (Lipinski definition) is 1. The summed E-state index contributed by atoms with van der Waals surface area (Å²) >= 11 is 0. The molecule has 1 N–H and O–H groups in total. The highest BCUT2D eigenvalue weighted by Crippen LogP contribution is 2.23. The number of amides is 1. The van der Waals surface area contributed by atoms with E-state index in [1.54, 1.807) is 0 Å². The zero-order valence-electron chi connectivity index (χ0n) is 13.3. The van der Waals surface area contributed by atoms with E-state index >= 15 is 0 Å². The molecule has 23 heavy (non-hydrogen) atoms. The third-order valence-electron chi connectivity index (χ3n) is 3.88. The first-order valence-electron chi connectivity index (χ1n) is 7.45. The fourth-order valence-corrected chi connectivity index (χ4v) is 2.72. The van der Waals surface area contributed by atoms with Gasteiger partial charge in [0.1, 0.15) is 5.69 Å². The molecule has 1 amide bonds. The van der Waals surface area contributed by atoms with Crippen LogP contribution in [0.15, 0.2) is 41.2 Å². The average Bonchev–Trinajstić information content (AvgIpc) is 2.84. The lowest BCUT2D eigenvalue weighted by molar-refractivity contribution is 0.102. The topological polar surface area (TPSA) is 68.9 Å². The average molecular weight is 310 g/mol. The van der Waals surface area contributed by atoms with Gasteiger partial charge in [-0.1, -0.05) is 0 Å². The molecule has 0 radical (unpaired) electrons. The van der Waals surface area contributed by atoms with Crippen molar-refractivity contribution in [2.75, 3.05) is 5.32 Å². The van der Waals surface area contributed by atoms with E-state index in [0.717, 1.165) is 22.1 Å². The number of benzene rings is 1. The number of aryl methyl sites for hydroxylation is 3. The van der Waals surface area contributed by atoms with Crippen LogP contribution in [0.25, 0.3) is 10.9 Å². The molecule has 1 aromatic carbocycles. The Hall–Kier alpha value is -2.89. The number of carbonyl (C=O) groups is 1. The molecule has 0 saturated heterocycles. The highest BCUT2D eigenvalue weighted by Gasteiger charge is 2.10. The minimum atomic E-state index is -0.341. The molecule has 2 heterocycles. The van der Waals surface area contributed by atoms with Crippen LogP contribution in [-0.4, -0.2) is 20.3 Å². The summed E-state index contributed by atoms with van der Waals surface area (Å²) in [6.45, 7) is 5.08. The van der Waals surface area contributed by atoms with Crippen molar-refractivity contribution in [3.8, 4) is 0 Å². The maximum atomic E-state index is 12.2. The zero-order chi connectivity index (χ0) is 16.6. The Labute approximate surface area is 133 Å². The molecule has 6 nitrogen and oxygen atoms in total. The van der Waals surface area contributed by atoms with Gasteiger partial charge >= 0.3 is 0 Å². The van der Waals surface area contributed by atoms with E-state index in [4.69, 9.17) is 0 Å². The fraction of sp³-hybridized carbons (Fsp3) is 0.235. The molecule has 0 spiro atoms. The Kier molecular flexibility index (Phi) is 3.73. The summed E-state index contributed by atoms with van der Waals surface area (Å²) in [7, 11) is 1.52. The largest absolute Gasteiger partial charge is 0.345 e. The lowest BCUT2D eigenvalue weighted by Crippen LogP contribution is -2.23. The molecular formula is C17H18N4O2. The van der Waals surface area contributed by atoms with E-state index in [2.05, 4.69) is 34.9 Å². The van der Waals surface area contributed by atoms with Gasteiger partial charge in [-0.05, 0) is 44.2 Å². The van der Waals surface area contributed by atoms with E-state index in [1.807, 2.05) is 18.2 Å². The zero-order valence-corrected chi connectivity index (χ0v) is 13.3. The minimum Gasteiger partial charge on any atom is -0.345 e. The summed E-state index contributed by atoms with van der Waals surface area (Å²) in [4.78, 5) is 23.6. The number of carbonyl (C=O) groups excluding carboxylic acids is 1. The van der Waals surface area contributed by atoms with Gasteiger partial charge in [0.25, 0.3) is 11.5 Å². The highest BCUT2D eigenvalue weighted by atomic mass is 16.2. The van der Waals surface area contributed by atoms with Gasteiger partial charge in [0.15, 0.2) is 0 Å². The van der Waals surface area contributed by atoms with Gasteiger partial charge in [0.2, 0.25) is 0 Å². The van der Waals surface area contributed by atoms with Crippen molar-refractivity contribution in [2.45, 2.75) is 20.4 Å². The van der Waals surface area contributed by atoms with E-state index < -0.39 is 0 Å². The molecule has 0 aliphatic heterocycles. The van der Waals surface area contributed by atoms with Crippen LogP contribution in [0, 0.1) is 6.92 Å². The lowest BCUT2D eigenvalue weighted by atomic mass is 10.2. The third-order valence-corrected chi connectivity index (χ3v) is 3.88. The van der Waals surface area contributed by atoms with Gasteiger partial charge in [-0.15, -0.1) is 0 Å². The van der Waals surface area contributed by atoms with Crippen molar-refractivity contribution in [1.82, 2.24) is 14.3 Å². The quantitative estimate of drug-likeness (QED) is 0.807. The van der Waals surface area contributed by atoms with Crippen LogP contribution < -0.4 is 10.9 Å².